The van der Waals surface area contributed by atoms with Crippen molar-refractivity contribution in [1.82, 2.24) is 15.0 Å². The summed E-state index contributed by atoms with van der Waals surface area (Å²) in [5, 5.41) is 7.55. The Morgan fingerprint density at radius 3 is 2.61 bits per heavy atom. The van der Waals surface area contributed by atoms with Gasteiger partial charge in [-0.25, -0.2) is 13.6 Å². The first-order valence-corrected chi connectivity index (χ1v) is 6.93. The molecule has 0 saturated carbocycles. The maximum atomic E-state index is 12.0. The van der Waals surface area contributed by atoms with E-state index in [2.05, 4.69) is 19.7 Å². The predicted octanol–water partition coefficient (Wildman–Crippen LogP) is 2.34. The van der Waals surface area contributed by atoms with Crippen LogP contribution in [0.4, 0.5) is 0 Å². The molecule has 0 aliphatic heterocycles. The van der Waals surface area contributed by atoms with Crippen LogP contribution in [0.25, 0.3) is 11.0 Å². The lowest BCUT2D eigenvalue weighted by Gasteiger charge is -2.22. The number of nitrogens with zero attached hydrogens (tertiary/aromatic N) is 2. The van der Waals surface area contributed by atoms with Crippen LogP contribution in [-0.2, 0) is 11.0 Å². The molecule has 6 heteroatoms. The topological polar surface area (TPSA) is 68.0 Å². The zero-order valence-electron chi connectivity index (χ0n) is 10.9. The fourth-order valence-electron chi connectivity index (χ4n) is 1.47. The quantitative estimate of drug-likeness (QED) is 0.926. The van der Waals surface area contributed by atoms with Crippen LogP contribution in [0.5, 0.6) is 0 Å². The molecule has 0 aliphatic carbocycles. The summed E-state index contributed by atoms with van der Waals surface area (Å²) in [7, 11) is -1.10. The van der Waals surface area contributed by atoms with Crippen LogP contribution >= 0.6 is 0 Å². The molecule has 2 atom stereocenters. The van der Waals surface area contributed by atoms with Gasteiger partial charge in [0.1, 0.15) is 11.0 Å². The van der Waals surface area contributed by atoms with Crippen molar-refractivity contribution in [3.63, 3.8) is 0 Å². The third kappa shape index (κ3) is 2.76. The normalized spacial score (nSPS) is 15.8. The SMILES string of the molecule is C[C@H](N[S@](=O)C(C)(C)C)c1ccc2nonc2c1. The summed E-state index contributed by atoms with van der Waals surface area (Å²) in [6.45, 7) is 7.78. The maximum absolute atomic E-state index is 12.0. The molecule has 1 aromatic carbocycles. The van der Waals surface area contributed by atoms with Gasteiger partial charge in [-0.15, -0.1) is 0 Å². The third-order valence-corrected chi connectivity index (χ3v) is 4.30. The molecule has 5 nitrogen and oxygen atoms in total. The largest absolute Gasteiger partial charge is 0.243 e. The van der Waals surface area contributed by atoms with Gasteiger partial charge in [-0.3, -0.25) is 0 Å². The van der Waals surface area contributed by atoms with Crippen molar-refractivity contribution in [2.24, 2.45) is 0 Å². The number of fused-ring (bicyclic) bond motifs is 1. The number of nitrogens with one attached hydrogen (secondary N) is 1. The molecule has 98 valence electrons. The highest BCUT2D eigenvalue weighted by molar-refractivity contribution is 7.84. The first kappa shape index (κ1) is 13.2. The molecular formula is C12H17N3O2S. The predicted molar refractivity (Wildman–Crippen MR) is 71.3 cm³/mol. The van der Waals surface area contributed by atoms with Crippen molar-refractivity contribution in [2.45, 2.75) is 38.5 Å². The van der Waals surface area contributed by atoms with Gasteiger partial charge >= 0.3 is 0 Å². The summed E-state index contributed by atoms with van der Waals surface area (Å²) in [6.07, 6.45) is 0. The maximum Gasteiger partial charge on any atom is 0.135 e. The Morgan fingerprint density at radius 1 is 1.28 bits per heavy atom. The van der Waals surface area contributed by atoms with Crippen LogP contribution in [-0.4, -0.2) is 19.3 Å². The Hall–Kier alpha value is -1.27. The Kier molecular flexibility index (Phi) is 3.49. The van der Waals surface area contributed by atoms with E-state index in [1.165, 1.54) is 0 Å². The van der Waals surface area contributed by atoms with Crippen LogP contribution in [0.1, 0.15) is 39.3 Å². The molecule has 0 spiro atoms. The zero-order chi connectivity index (χ0) is 13.3. The van der Waals surface area contributed by atoms with E-state index in [1.54, 1.807) is 0 Å². The molecule has 1 aromatic heterocycles. The lowest BCUT2D eigenvalue weighted by Crippen LogP contribution is -2.34. The highest BCUT2D eigenvalue weighted by Gasteiger charge is 2.21. The molecule has 2 aromatic rings. The van der Waals surface area contributed by atoms with Crippen molar-refractivity contribution in [3.8, 4) is 0 Å². The second kappa shape index (κ2) is 4.78. The number of aromatic nitrogens is 2. The van der Waals surface area contributed by atoms with Crippen LogP contribution in [0.15, 0.2) is 22.8 Å². The summed E-state index contributed by atoms with van der Waals surface area (Å²) in [5.74, 6) is 0. The smallest absolute Gasteiger partial charge is 0.135 e. The monoisotopic (exact) mass is 267 g/mol. The van der Waals surface area contributed by atoms with Crippen molar-refractivity contribution < 1.29 is 8.84 Å². The van der Waals surface area contributed by atoms with E-state index in [1.807, 2.05) is 45.9 Å². The van der Waals surface area contributed by atoms with Crippen LogP contribution in [0.3, 0.4) is 0 Å². The Balaban J connectivity index is 2.18. The fraction of sp³-hybridized carbons (Fsp3) is 0.500. The highest BCUT2D eigenvalue weighted by atomic mass is 32.2. The molecule has 0 saturated heterocycles. The summed E-state index contributed by atoms with van der Waals surface area (Å²) in [6, 6.07) is 5.65. The van der Waals surface area contributed by atoms with Gasteiger partial charge in [-0.05, 0) is 55.7 Å². The van der Waals surface area contributed by atoms with Gasteiger partial charge in [-0.1, -0.05) is 6.07 Å². The van der Waals surface area contributed by atoms with E-state index >= 15 is 0 Å². The number of rotatable bonds is 3. The molecule has 0 aliphatic rings. The molecule has 0 fully saturated rings. The minimum Gasteiger partial charge on any atom is -0.243 e. The molecule has 0 unspecified atom stereocenters. The standard InChI is InChI=1S/C12H17N3O2S/c1-8(15-18(16)12(2,3)4)9-5-6-10-11(7-9)14-17-13-10/h5-8,15H,1-4H3/t8-,18+/m0/s1. The first-order valence-electron chi connectivity index (χ1n) is 5.78. The average molecular weight is 267 g/mol. The molecule has 1 heterocycles. The molecule has 1 N–H and O–H groups in total. The zero-order valence-corrected chi connectivity index (χ0v) is 11.7. The lowest BCUT2D eigenvalue weighted by molar-refractivity contribution is 0.315. The highest BCUT2D eigenvalue weighted by Crippen LogP contribution is 2.20. The second-order valence-corrected chi connectivity index (χ2v) is 7.23. The van der Waals surface area contributed by atoms with E-state index in [9.17, 15) is 4.21 Å². The van der Waals surface area contributed by atoms with Gasteiger partial charge < -0.3 is 0 Å². The minimum atomic E-state index is -1.10. The summed E-state index contributed by atoms with van der Waals surface area (Å²) < 4.78 is 19.5. The van der Waals surface area contributed by atoms with Gasteiger partial charge in [0.25, 0.3) is 0 Å². The van der Waals surface area contributed by atoms with Crippen LogP contribution in [0.2, 0.25) is 0 Å². The van der Waals surface area contributed by atoms with Gasteiger partial charge in [-0.2, -0.15) is 0 Å². The van der Waals surface area contributed by atoms with Crippen LogP contribution in [0, 0.1) is 0 Å². The fourth-order valence-corrected chi connectivity index (χ4v) is 2.28. The number of hydrogen-bond acceptors (Lipinski definition) is 4. The van der Waals surface area contributed by atoms with Gasteiger partial charge in [0.05, 0.1) is 15.7 Å². The van der Waals surface area contributed by atoms with Crippen molar-refractivity contribution in [1.29, 1.82) is 0 Å². The Morgan fingerprint density at radius 2 is 1.94 bits per heavy atom. The van der Waals surface area contributed by atoms with Crippen molar-refractivity contribution >= 4 is 22.0 Å². The lowest BCUT2D eigenvalue weighted by atomic mass is 10.1. The van der Waals surface area contributed by atoms with E-state index in [0.717, 1.165) is 11.1 Å². The molecule has 0 amide bonds. The molecule has 0 bridgehead atoms. The van der Waals surface area contributed by atoms with Crippen molar-refractivity contribution in [3.05, 3.63) is 23.8 Å². The van der Waals surface area contributed by atoms with Crippen LogP contribution < -0.4 is 4.72 Å². The second-order valence-electron chi connectivity index (χ2n) is 5.23. The van der Waals surface area contributed by atoms with Gasteiger partial charge in [0.15, 0.2) is 0 Å². The minimum absolute atomic E-state index is 0.0221. The third-order valence-electron chi connectivity index (χ3n) is 2.62. The Labute approximate surface area is 108 Å². The van der Waals surface area contributed by atoms with Gasteiger partial charge in [0, 0.05) is 6.04 Å². The average Bonchev–Trinajstić information content (AvgIpc) is 2.74. The number of hydrogen-bond donors (Lipinski definition) is 1. The molecule has 0 radical (unpaired) electrons. The van der Waals surface area contributed by atoms with E-state index in [0.29, 0.717) is 5.52 Å². The molecule has 18 heavy (non-hydrogen) atoms. The summed E-state index contributed by atoms with van der Waals surface area (Å²) in [5.41, 5.74) is 2.45. The molecular weight excluding hydrogens is 250 g/mol. The van der Waals surface area contributed by atoms with Crippen molar-refractivity contribution in [2.75, 3.05) is 0 Å². The van der Waals surface area contributed by atoms with E-state index in [-0.39, 0.29) is 10.8 Å². The molecule has 2 rings (SSSR count). The Bertz CT molecular complexity index is 574. The van der Waals surface area contributed by atoms with E-state index < -0.39 is 11.0 Å². The number of benzene rings is 1. The summed E-state index contributed by atoms with van der Waals surface area (Å²) in [4.78, 5) is 0. The van der Waals surface area contributed by atoms with Gasteiger partial charge in [0.2, 0.25) is 0 Å². The summed E-state index contributed by atoms with van der Waals surface area (Å²) >= 11 is 0. The van der Waals surface area contributed by atoms with E-state index in [4.69, 9.17) is 0 Å². The first-order chi connectivity index (χ1) is 8.38.